The van der Waals surface area contributed by atoms with Gasteiger partial charge in [0.15, 0.2) is 17.7 Å². The highest BCUT2D eigenvalue weighted by Gasteiger charge is 2.51. The zero-order valence-corrected chi connectivity index (χ0v) is 14.9. The van der Waals surface area contributed by atoms with Crippen LogP contribution in [0.4, 0.5) is 0 Å². The monoisotopic (exact) mass is 351 g/mol. The maximum atomic E-state index is 12.9. The Morgan fingerprint density at radius 1 is 1.40 bits per heavy atom. The number of esters is 2. The maximum Gasteiger partial charge on any atom is 0.338 e. The molecule has 0 aromatic carbocycles. The van der Waals surface area contributed by atoms with Gasteiger partial charge in [-0.1, -0.05) is 20.4 Å². The van der Waals surface area contributed by atoms with Crippen LogP contribution >= 0.6 is 0 Å². The van der Waals surface area contributed by atoms with Crippen molar-refractivity contribution in [2.45, 2.75) is 44.9 Å². The largest absolute Gasteiger partial charge is 0.632 e. The Morgan fingerprint density at radius 3 is 2.76 bits per heavy atom. The quantitative estimate of drug-likeness (QED) is 0.230. The molecule has 0 spiro atoms. The first kappa shape index (κ1) is 18.1. The van der Waals surface area contributed by atoms with Crippen molar-refractivity contribution in [2.75, 3.05) is 19.7 Å². The van der Waals surface area contributed by atoms with Crippen molar-refractivity contribution in [1.29, 1.82) is 0 Å². The van der Waals surface area contributed by atoms with Crippen molar-refractivity contribution in [2.24, 2.45) is 11.8 Å². The highest BCUT2D eigenvalue weighted by molar-refractivity contribution is 5.89. The zero-order chi connectivity index (χ0) is 18.6. The molecule has 0 saturated carbocycles. The second kappa shape index (κ2) is 5.93. The third kappa shape index (κ3) is 2.80. The van der Waals surface area contributed by atoms with Crippen LogP contribution in [0.1, 0.15) is 27.2 Å². The lowest BCUT2D eigenvalue weighted by molar-refractivity contribution is -0.877. The van der Waals surface area contributed by atoms with Gasteiger partial charge in [-0.3, -0.25) is 0 Å². The first-order valence-electron chi connectivity index (χ1n) is 8.64. The molecule has 0 aromatic heterocycles. The van der Waals surface area contributed by atoms with E-state index >= 15 is 0 Å². The fraction of sp³-hybridized carbons (Fsp3) is 0.667. The van der Waals surface area contributed by atoms with Crippen LogP contribution in [0, 0.1) is 17.0 Å². The molecule has 0 aliphatic carbocycles. The highest BCUT2D eigenvalue weighted by atomic mass is 16.6. The molecule has 0 aromatic rings. The van der Waals surface area contributed by atoms with Gasteiger partial charge < -0.3 is 24.4 Å². The summed E-state index contributed by atoms with van der Waals surface area (Å²) in [4.78, 5) is 24.9. The number of nitrogens with zero attached hydrogens (tertiary/aromatic N) is 1. The molecule has 0 radical (unpaired) electrons. The number of carbonyl (C=O) groups excluding carboxylic acids is 2. The van der Waals surface area contributed by atoms with Crippen molar-refractivity contribution in [3.05, 3.63) is 29.0 Å². The summed E-state index contributed by atoms with van der Waals surface area (Å²) in [6.45, 7) is 9.11. The number of carbonyl (C=O) groups is 2. The molecule has 0 bridgehead atoms. The number of hydroxylamine groups is 3. The Bertz CT molecular complexity index is 654. The summed E-state index contributed by atoms with van der Waals surface area (Å²) in [5.41, 5.74) is -0.943. The lowest BCUT2D eigenvalue weighted by Crippen LogP contribution is -2.50. The van der Waals surface area contributed by atoms with Crippen LogP contribution in [-0.2, 0) is 19.1 Å². The summed E-state index contributed by atoms with van der Waals surface area (Å²) in [6, 6.07) is -0.554. The fourth-order valence-corrected chi connectivity index (χ4v) is 4.02. The van der Waals surface area contributed by atoms with Crippen LogP contribution in [0.3, 0.4) is 0 Å². The van der Waals surface area contributed by atoms with Crippen molar-refractivity contribution >= 4 is 11.9 Å². The van der Waals surface area contributed by atoms with E-state index in [4.69, 9.17) is 9.47 Å². The van der Waals surface area contributed by atoms with Crippen molar-refractivity contribution in [3.8, 4) is 0 Å². The van der Waals surface area contributed by atoms with Crippen LogP contribution in [0.25, 0.3) is 0 Å². The first-order valence-corrected chi connectivity index (χ1v) is 8.64. The van der Waals surface area contributed by atoms with Gasteiger partial charge in [0.05, 0.1) is 13.1 Å². The van der Waals surface area contributed by atoms with Crippen molar-refractivity contribution < 1.29 is 28.8 Å². The molecular weight excluding hydrogens is 326 g/mol. The Balaban J connectivity index is 1.95. The van der Waals surface area contributed by atoms with Gasteiger partial charge in [0, 0.05) is 23.5 Å². The summed E-state index contributed by atoms with van der Waals surface area (Å²) in [5, 5.41) is 23.5. The summed E-state index contributed by atoms with van der Waals surface area (Å²) in [6.07, 6.45) is 1.68. The Hall–Kier alpha value is -1.70. The van der Waals surface area contributed by atoms with Gasteiger partial charge in [-0.25, -0.2) is 9.59 Å². The summed E-state index contributed by atoms with van der Waals surface area (Å²) >= 11 is 0. The predicted octanol–water partition coefficient (Wildman–Crippen LogP) is 1.06. The van der Waals surface area contributed by atoms with Crippen LogP contribution in [-0.4, -0.2) is 59.1 Å². The SMILES string of the molecule is C=C1C(=O)O[C@@H]2CC[N+]3([O-])CC=C(COC(=O)[C@](C)(O)C(C)[C@H]1C)[C@H]23. The zero-order valence-electron chi connectivity index (χ0n) is 14.9. The van der Waals surface area contributed by atoms with Crippen LogP contribution in [0.15, 0.2) is 23.8 Å². The minimum atomic E-state index is -1.78. The van der Waals surface area contributed by atoms with E-state index in [0.29, 0.717) is 18.5 Å². The summed E-state index contributed by atoms with van der Waals surface area (Å²) in [7, 11) is 0. The second-order valence-electron chi connectivity index (χ2n) is 7.64. The Morgan fingerprint density at radius 2 is 2.08 bits per heavy atom. The maximum absolute atomic E-state index is 12.9. The van der Waals surface area contributed by atoms with E-state index in [2.05, 4.69) is 6.58 Å². The van der Waals surface area contributed by atoms with Crippen molar-refractivity contribution in [1.82, 2.24) is 0 Å². The molecule has 2 fully saturated rings. The average Bonchev–Trinajstić information content (AvgIpc) is 3.05. The number of aliphatic hydroxyl groups is 1. The second-order valence-corrected chi connectivity index (χ2v) is 7.64. The van der Waals surface area contributed by atoms with E-state index in [1.807, 2.05) is 0 Å². The molecule has 0 amide bonds. The standard InChI is InChI=1S/C18H25NO6/c1-10-11(2)16(20)25-14-6-8-19(23)7-5-13(15(14)19)9-24-17(21)18(4,22)12(10)3/h5,10,12,14-15,22H,2,6-9H2,1,3-4H3/t10-,12?,14+,15+,18+,19?/m0/s1. The molecule has 3 rings (SSSR count). The van der Waals surface area contributed by atoms with E-state index in [0.717, 1.165) is 0 Å². The number of hydrogen-bond donors (Lipinski definition) is 1. The number of rotatable bonds is 0. The minimum absolute atomic E-state index is 0.0714. The Kier molecular flexibility index (Phi) is 4.29. The predicted molar refractivity (Wildman–Crippen MR) is 88.8 cm³/mol. The first-order chi connectivity index (χ1) is 11.6. The Labute approximate surface area is 147 Å². The van der Waals surface area contributed by atoms with E-state index in [1.165, 1.54) is 6.92 Å². The van der Waals surface area contributed by atoms with Gasteiger partial charge in [0.25, 0.3) is 0 Å². The average molecular weight is 351 g/mol. The molecule has 3 heterocycles. The normalized spacial score (nSPS) is 45.0. The molecule has 1 N–H and O–H groups in total. The lowest BCUT2D eigenvalue weighted by atomic mass is 9.78. The number of ether oxygens (including phenoxy) is 2. The highest BCUT2D eigenvalue weighted by Crippen LogP contribution is 2.39. The number of cyclic esters (lactones) is 1. The molecule has 7 heteroatoms. The molecule has 25 heavy (non-hydrogen) atoms. The van der Waals surface area contributed by atoms with Gasteiger partial charge in [-0.15, -0.1) is 0 Å². The van der Waals surface area contributed by atoms with Gasteiger partial charge in [0.1, 0.15) is 6.61 Å². The van der Waals surface area contributed by atoms with Gasteiger partial charge in [-0.2, -0.15) is 0 Å². The summed E-state index contributed by atoms with van der Waals surface area (Å²) < 4.78 is 10.4. The van der Waals surface area contributed by atoms with Crippen LogP contribution < -0.4 is 0 Å². The third-order valence-electron chi connectivity index (χ3n) is 6.18. The van der Waals surface area contributed by atoms with E-state index < -0.39 is 46.2 Å². The number of hydrogen-bond acceptors (Lipinski definition) is 6. The van der Waals surface area contributed by atoms with E-state index in [-0.39, 0.29) is 18.7 Å². The molecule has 7 nitrogen and oxygen atoms in total. The van der Waals surface area contributed by atoms with Gasteiger partial charge >= 0.3 is 11.9 Å². The smallest absolute Gasteiger partial charge is 0.338 e. The van der Waals surface area contributed by atoms with Crippen LogP contribution in [0.2, 0.25) is 0 Å². The van der Waals surface area contributed by atoms with Crippen molar-refractivity contribution in [3.63, 3.8) is 0 Å². The van der Waals surface area contributed by atoms with E-state index in [1.54, 1.807) is 19.9 Å². The molecule has 2 saturated heterocycles. The topological polar surface area (TPSA) is 95.9 Å². The third-order valence-corrected chi connectivity index (χ3v) is 6.18. The summed E-state index contributed by atoms with van der Waals surface area (Å²) in [5.74, 6) is -2.42. The fourth-order valence-electron chi connectivity index (χ4n) is 4.02. The van der Waals surface area contributed by atoms with Crippen LogP contribution in [0.5, 0.6) is 0 Å². The van der Waals surface area contributed by atoms with E-state index in [9.17, 15) is 19.9 Å². The minimum Gasteiger partial charge on any atom is -0.632 e. The molecule has 2 unspecified atom stereocenters. The lowest BCUT2D eigenvalue weighted by Gasteiger charge is -2.41. The van der Waals surface area contributed by atoms with Gasteiger partial charge in [-0.05, 0) is 18.9 Å². The molecule has 138 valence electrons. The molecule has 3 aliphatic heterocycles. The number of quaternary nitrogens is 1. The molecular formula is C18H25NO6. The molecule has 6 atom stereocenters. The van der Waals surface area contributed by atoms with Gasteiger partial charge in [0.2, 0.25) is 0 Å². The molecule has 3 aliphatic rings.